The van der Waals surface area contributed by atoms with Crippen molar-refractivity contribution in [3.63, 3.8) is 0 Å². The highest BCUT2D eigenvalue weighted by Gasteiger charge is 2.06. The molecule has 1 heterocycles. The predicted molar refractivity (Wildman–Crippen MR) is 109 cm³/mol. The fraction of sp³-hybridized carbons (Fsp3) is 0.375. The highest BCUT2D eigenvalue weighted by molar-refractivity contribution is 14.0. The van der Waals surface area contributed by atoms with Crippen molar-refractivity contribution in [2.24, 2.45) is 10.7 Å². The van der Waals surface area contributed by atoms with Crippen molar-refractivity contribution in [3.05, 3.63) is 39.3 Å². The molecule has 0 unspecified atom stereocenters. The van der Waals surface area contributed by atoms with E-state index in [0.717, 1.165) is 16.3 Å². The van der Waals surface area contributed by atoms with Gasteiger partial charge in [-0.25, -0.2) is 9.98 Å². The topological polar surface area (TPSA) is 81.8 Å². The van der Waals surface area contributed by atoms with E-state index in [-0.39, 0.29) is 24.0 Å². The molecule has 1 aromatic heterocycles. The molecule has 0 saturated carbocycles. The van der Waals surface area contributed by atoms with Gasteiger partial charge in [-0.05, 0) is 31.5 Å². The number of halogens is 1. The molecule has 0 aliphatic carbocycles. The molecule has 2 aromatic rings. The van der Waals surface area contributed by atoms with Crippen LogP contribution in [0.2, 0.25) is 0 Å². The molecule has 3 N–H and O–H groups in total. The summed E-state index contributed by atoms with van der Waals surface area (Å²) in [6.07, 6.45) is 0. The van der Waals surface area contributed by atoms with Crippen molar-refractivity contribution < 1.29 is 9.47 Å². The summed E-state index contributed by atoms with van der Waals surface area (Å²) in [7, 11) is 3.22. The monoisotopic (exact) mass is 462 g/mol. The Balaban J connectivity index is 0.00000288. The number of nitrogens with one attached hydrogen (secondary N) is 1. The van der Waals surface area contributed by atoms with Gasteiger partial charge in [0.1, 0.15) is 0 Å². The summed E-state index contributed by atoms with van der Waals surface area (Å²) in [5.74, 6) is 1.79. The zero-order valence-corrected chi connectivity index (χ0v) is 17.4. The van der Waals surface area contributed by atoms with Crippen LogP contribution in [0.4, 0.5) is 0 Å². The third kappa shape index (κ3) is 5.52. The van der Waals surface area contributed by atoms with Crippen LogP contribution >= 0.6 is 35.3 Å². The van der Waals surface area contributed by atoms with E-state index in [4.69, 9.17) is 15.2 Å². The van der Waals surface area contributed by atoms with Gasteiger partial charge in [-0.15, -0.1) is 35.3 Å². The van der Waals surface area contributed by atoms with E-state index in [1.54, 1.807) is 25.6 Å². The van der Waals surface area contributed by atoms with E-state index in [9.17, 15) is 0 Å². The van der Waals surface area contributed by atoms with E-state index in [1.807, 2.05) is 32.0 Å². The van der Waals surface area contributed by atoms with Crippen molar-refractivity contribution in [2.75, 3.05) is 14.2 Å². The Morgan fingerprint density at radius 2 is 1.96 bits per heavy atom. The number of nitrogens with two attached hydrogens (primary N) is 1. The highest BCUT2D eigenvalue weighted by atomic mass is 127. The molecule has 0 bridgehead atoms. The third-order valence-electron chi connectivity index (χ3n) is 3.31. The summed E-state index contributed by atoms with van der Waals surface area (Å²) < 4.78 is 10.5. The van der Waals surface area contributed by atoms with Crippen LogP contribution in [0.25, 0.3) is 0 Å². The molecule has 0 aliphatic rings. The van der Waals surface area contributed by atoms with Crippen molar-refractivity contribution in [1.82, 2.24) is 10.3 Å². The van der Waals surface area contributed by atoms with Crippen LogP contribution in [0.15, 0.2) is 23.2 Å². The number of hydrogen-bond acceptors (Lipinski definition) is 5. The molecule has 0 saturated heterocycles. The molecule has 0 radical (unpaired) electrons. The lowest BCUT2D eigenvalue weighted by atomic mass is 10.2. The van der Waals surface area contributed by atoms with Gasteiger partial charge < -0.3 is 20.5 Å². The van der Waals surface area contributed by atoms with E-state index < -0.39 is 0 Å². The maximum Gasteiger partial charge on any atom is 0.189 e. The quantitative estimate of drug-likeness (QED) is 0.392. The van der Waals surface area contributed by atoms with Gasteiger partial charge in [0, 0.05) is 4.88 Å². The summed E-state index contributed by atoms with van der Waals surface area (Å²) in [5, 5.41) is 4.17. The number of aliphatic imine (C=N–C) groups is 1. The van der Waals surface area contributed by atoms with E-state index in [2.05, 4.69) is 15.3 Å². The third-order valence-corrected chi connectivity index (χ3v) is 4.38. The molecule has 0 amide bonds. The second-order valence-corrected chi connectivity index (χ2v) is 6.27. The summed E-state index contributed by atoms with van der Waals surface area (Å²) in [5.41, 5.74) is 7.95. The van der Waals surface area contributed by atoms with Gasteiger partial charge in [-0.3, -0.25) is 0 Å². The number of aromatic nitrogens is 1. The Hall–Kier alpha value is -1.55. The predicted octanol–water partition coefficient (Wildman–Crippen LogP) is 3.00. The second kappa shape index (κ2) is 9.67. The molecule has 2 rings (SSSR count). The standard InChI is InChI=1S/C16H22N4O2S.HI/c1-10-15(23-11(2)20-10)9-19-16(17)18-8-12-5-6-13(21-3)14(7-12)22-4;/h5-7H,8-9H2,1-4H3,(H3,17,18,19);1H. The molecule has 8 heteroatoms. The first kappa shape index (κ1) is 20.5. The Morgan fingerprint density at radius 3 is 2.54 bits per heavy atom. The molecular weight excluding hydrogens is 439 g/mol. The lowest BCUT2D eigenvalue weighted by molar-refractivity contribution is 0.354. The summed E-state index contributed by atoms with van der Waals surface area (Å²) in [6.45, 7) is 5.10. The fourth-order valence-corrected chi connectivity index (χ4v) is 3.00. The number of benzene rings is 1. The molecular formula is C16H23IN4O2S. The van der Waals surface area contributed by atoms with Gasteiger partial charge in [0.05, 0.1) is 38.0 Å². The number of thiazole rings is 1. The molecule has 0 fully saturated rings. The Morgan fingerprint density at radius 1 is 1.25 bits per heavy atom. The van der Waals surface area contributed by atoms with Crippen molar-refractivity contribution in [3.8, 4) is 11.5 Å². The first-order valence-electron chi connectivity index (χ1n) is 7.21. The molecule has 6 nitrogen and oxygen atoms in total. The zero-order chi connectivity index (χ0) is 16.8. The van der Waals surface area contributed by atoms with Crippen LogP contribution in [0.3, 0.4) is 0 Å². The average Bonchev–Trinajstić information content (AvgIpc) is 2.88. The minimum Gasteiger partial charge on any atom is -0.493 e. The first-order valence-corrected chi connectivity index (χ1v) is 8.02. The molecule has 24 heavy (non-hydrogen) atoms. The number of nitrogens with zero attached hydrogens (tertiary/aromatic N) is 2. The zero-order valence-electron chi connectivity index (χ0n) is 14.3. The minimum absolute atomic E-state index is 0. The van der Waals surface area contributed by atoms with Gasteiger partial charge in [-0.1, -0.05) is 6.07 Å². The summed E-state index contributed by atoms with van der Waals surface area (Å²) in [4.78, 5) is 9.91. The van der Waals surface area contributed by atoms with Crippen molar-refractivity contribution >= 4 is 41.3 Å². The number of aryl methyl sites for hydroxylation is 2. The average molecular weight is 462 g/mol. The number of hydrogen-bond donors (Lipinski definition) is 2. The van der Waals surface area contributed by atoms with Crippen LogP contribution in [0, 0.1) is 13.8 Å². The fourth-order valence-electron chi connectivity index (χ4n) is 2.12. The minimum atomic E-state index is 0. The van der Waals surface area contributed by atoms with Crippen LogP contribution < -0.4 is 20.5 Å². The van der Waals surface area contributed by atoms with Crippen LogP contribution in [0.5, 0.6) is 11.5 Å². The maximum absolute atomic E-state index is 5.92. The maximum atomic E-state index is 5.92. The number of methoxy groups -OCH3 is 2. The van der Waals surface area contributed by atoms with E-state index in [0.29, 0.717) is 30.5 Å². The van der Waals surface area contributed by atoms with E-state index in [1.165, 1.54) is 4.88 Å². The number of guanidine groups is 1. The summed E-state index contributed by atoms with van der Waals surface area (Å²) in [6, 6.07) is 5.69. The normalized spacial score (nSPS) is 10.9. The van der Waals surface area contributed by atoms with Gasteiger partial charge in [-0.2, -0.15) is 0 Å². The molecule has 1 aromatic carbocycles. The molecule has 132 valence electrons. The van der Waals surface area contributed by atoms with Crippen LogP contribution in [-0.2, 0) is 13.1 Å². The van der Waals surface area contributed by atoms with Crippen molar-refractivity contribution in [2.45, 2.75) is 26.9 Å². The lowest BCUT2D eigenvalue weighted by Crippen LogP contribution is -2.31. The molecule has 0 spiro atoms. The van der Waals surface area contributed by atoms with Crippen molar-refractivity contribution in [1.29, 1.82) is 0 Å². The smallest absolute Gasteiger partial charge is 0.189 e. The number of rotatable bonds is 6. The van der Waals surface area contributed by atoms with Gasteiger partial charge in [0.25, 0.3) is 0 Å². The SMILES string of the molecule is COc1ccc(CN=C(N)NCc2sc(C)nc2C)cc1OC.I. The molecule has 0 aliphatic heterocycles. The van der Waals surface area contributed by atoms with Crippen LogP contribution in [-0.4, -0.2) is 25.2 Å². The van der Waals surface area contributed by atoms with E-state index >= 15 is 0 Å². The Bertz CT molecular complexity index is 703. The Labute approximate surface area is 163 Å². The van der Waals surface area contributed by atoms with Gasteiger partial charge in [0.15, 0.2) is 17.5 Å². The van der Waals surface area contributed by atoms with Gasteiger partial charge >= 0.3 is 0 Å². The highest BCUT2D eigenvalue weighted by Crippen LogP contribution is 2.27. The molecule has 0 atom stereocenters. The lowest BCUT2D eigenvalue weighted by Gasteiger charge is -2.09. The van der Waals surface area contributed by atoms with Gasteiger partial charge in [0.2, 0.25) is 0 Å². The second-order valence-electron chi connectivity index (χ2n) is 4.99. The van der Waals surface area contributed by atoms with Crippen LogP contribution in [0.1, 0.15) is 21.1 Å². The largest absolute Gasteiger partial charge is 0.493 e. The summed E-state index contributed by atoms with van der Waals surface area (Å²) >= 11 is 1.67. The Kier molecular flexibility index (Phi) is 8.26. The number of ether oxygens (including phenoxy) is 2. The first-order chi connectivity index (χ1) is 11.0.